The molecule has 3 heterocycles. The SMILES string of the molecule is CO/N=C(/CN1CCN(c2c(F)cc3c(=O)c(C(=O)O)cn(C4CC4)c3c2OC)CC1)c1cc2ccc(OC)cc2oc1=O. The van der Waals surface area contributed by atoms with Crippen LogP contribution in [0.5, 0.6) is 11.5 Å². The number of carboxylic acid groups (broad SMARTS) is 1. The Bertz CT molecular complexity index is 1920. The molecular weight excluding hydrogens is 575 g/mol. The summed E-state index contributed by atoms with van der Waals surface area (Å²) < 4.78 is 34.0. The van der Waals surface area contributed by atoms with Gasteiger partial charge in [0.2, 0.25) is 5.43 Å². The van der Waals surface area contributed by atoms with Gasteiger partial charge in [0.15, 0.2) is 11.6 Å². The number of pyridine rings is 1. The van der Waals surface area contributed by atoms with Crippen LogP contribution < -0.4 is 25.4 Å². The Morgan fingerprint density at radius 3 is 2.43 bits per heavy atom. The molecule has 2 aliphatic rings. The van der Waals surface area contributed by atoms with E-state index < -0.39 is 28.4 Å². The van der Waals surface area contributed by atoms with Gasteiger partial charge in [-0.25, -0.2) is 14.0 Å². The predicted octanol–water partition coefficient (Wildman–Crippen LogP) is 3.47. The number of ether oxygens (including phenoxy) is 2. The van der Waals surface area contributed by atoms with Gasteiger partial charge in [0.05, 0.1) is 30.7 Å². The Morgan fingerprint density at radius 1 is 1.05 bits per heavy atom. The van der Waals surface area contributed by atoms with Crippen molar-refractivity contribution in [3.05, 3.63) is 74.1 Å². The number of rotatable bonds is 9. The number of anilines is 1. The number of halogens is 1. The lowest BCUT2D eigenvalue weighted by atomic mass is 10.1. The van der Waals surface area contributed by atoms with Gasteiger partial charge in [-0.3, -0.25) is 9.69 Å². The molecule has 6 rings (SSSR count). The highest BCUT2D eigenvalue weighted by atomic mass is 19.1. The molecule has 230 valence electrons. The van der Waals surface area contributed by atoms with E-state index in [0.29, 0.717) is 54.1 Å². The molecule has 0 spiro atoms. The molecule has 44 heavy (non-hydrogen) atoms. The van der Waals surface area contributed by atoms with E-state index in [2.05, 4.69) is 10.1 Å². The van der Waals surface area contributed by atoms with Gasteiger partial charge in [-0.05, 0) is 37.1 Å². The molecule has 1 saturated heterocycles. The standard InChI is InChI=1S/C31H31FN4O8/c1-41-19-7-4-17-12-20(31(40)44-25(17)13-19)24(33-43-3)16-34-8-10-35(11-9-34)27-23(32)14-21-26(29(27)42-2)36(18-5-6-18)15-22(28(21)37)30(38)39/h4,7,12-15,18H,5-6,8-11,16H2,1-3H3,(H,38,39)/b33-24-. The third-order valence-electron chi connectivity index (χ3n) is 8.09. The largest absolute Gasteiger partial charge is 0.497 e. The van der Waals surface area contributed by atoms with E-state index in [4.69, 9.17) is 18.7 Å². The van der Waals surface area contributed by atoms with Gasteiger partial charge < -0.3 is 33.3 Å². The van der Waals surface area contributed by atoms with Gasteiger partial charge in [-0.1, -0.05) is 5.16 Å². The number of aromatic nitrogens is 1. The van der Waals surface area contributed by atoms with E-state index in [-0.39, 0.29) is 35.0 Å². The van der Waals surface area contributed by atoms with Crippen LogP contribution in [0.15, 0.2) is 55.7 Å². The fraction of sp³-hybridized carbons (Fsp3) is 0.355. The van der Waals surface area contributed by atoms with Crippen molar-refractivity contribution in [1.82, 2.24) is 9.47 Å². The van der Waals surface area contributed by atoms with Crippen molar-refractivity contribution in [2.45, 2.75) is 18.9 Å². The van der Waals surface area contributed by atoms with Crippen molar-refractivity contribution in [1.29, 1.82) is 0 Å². The number of methoxy groups -OCH3 is 2. The molecule has 0 bridgehead atoms. The van der Waals surface area contributed by atoms with Crippen LogP contribution >= 0.6 is 0 Å². The zero-order valence-corrected chi connectivity index (χ0v) is 24.5. The summed E-state index contributed by atoms with van der Waals surface area (Å²) >= 11 is 0. The summed E-state index contributed by atoms with van der Waals surface area (Å²) in [6.07, 6.45) is 2.98. The van der Waals surface area contributed by atoms with Crippen LogP contribution in [0.3, 0.4) is 0 Å². The summed E-state index contributed by atoms with van der Waals surface area (Å²) in [5.41, 5.74) is -0.0531. The maximum atomic E-state index is 15.7. The molecule has 2 aromatic heterocycles. The van der Waals surface area contributed by atoms with Crippen LogP contribution in [0.2, 0.25) is 0 Å². The van der Waals surface area contributed by atoms with Gasteiger partial charge in [0.1, 0.15) is 35.4 Å². The molecule has 0 unspecified atom stereocenters. The average molecular weight is 607 g/mol. The van der Waals surface area contributed by atoms with Gasteiger partial charge >= 0.3 is 11.6 Å². The molecule has 0 atom stereocenters. The molecule has 0 amide bonds. The van der Waals surface area contributed by atoms with E-state index >= 15 is 4.39 Å². The number of hydrogen-bond donors (Lipinski definition) is 1. The number of fused-ring (bicyclic) bond motifs is 2. The number of oxime groups is 1. The normalized spacial score (nSPS) is 16.0. The first kappa shape index (κ1) is 29.2. The number of aromatic carboxylic acids is 1. The smallest absolute Gasteiger partial charge is 0.345 e. The Balaban J connectivity index is 1.28. The van der Waals surface area contributed by atoms with Crippen LogP contribution in [-0.2, 0) is 4.84 Å². The first-order chi connectivity index (χ1) is 21.2. The van der Waals surface area contributed by atoms with E-state index in [0.717, 1.165) is 18.9 Å². The summed E-state index contributed by atoms with van der Waals surface area (Å²) in [4.78, 5) is 46.7. The van der Waals surface area contributed by atoms with Crippen LogP contribution in [0.4, 0.5) is 10.1 Å². The fourth-order valence-corrected chi connectivity index (χ4v) is 5.76. The predicted molar refractivity (Wildman–Crippen MR) is 161 cm³/mol. The fourth-order valence-electron chi connectivity index (χ4n) is 5.76. The average Bonchev–Trinajstić information content (AvgIpc) is 3.86. The van der Waals surface area contributed by atoms with Crippen molar-refractivity contribution >= 4 is 39.2 Å². The van der Waals surface area contributed by atoms with Gasteiger partial charge in [-0.15, -0.1) is 0 Å². The van der Waals surface area contributed by atoms with Gasteiger partial charge in [0.25, 0.3) is 0 Å². The topological polar surface area (TPSA) is 136 Å². The summed E-state index contributed by atoms with van der Waals surface area (Å²) in [6.45, 7) is 2.09. The highest BCUT2D eigenvalue weighted by Gasteiger charge is 2.32. The number of carboxylic acids is 1. The lowest BCUT2D eigenvalue weighted by Crippen LogP contribution is -2.48. The highest BCUT2D eigenvalue weighted by Crippen LogP contribution is 2.43. The van der Waals surface area contributed by atoms with Gasteiger partial charge in [-0.2, -0.15) is 0 Å². The number of benzene rings is 2. The Morgan fingerprint density at radius 2 is 1.80 bits per heavy atom. The molecule has 4 aromatic rings. The van der Waals surface area contributed by atoms with E-state index in [1.54, 1.807) is 28.8 Å². The molecule has 1 aliphatic heterocycles. The zero-order valence-electron chi connectivity index (χ0n) is 24.5. The van der Waals surface area contributed by atoms with E-state index in [1.165, 1.54) is 27.5 Å². The maximum Gasteiger partial charge on any atom is 0.345 e. The second-order valence-electron chi connectivity index (χ2n) is 10.8. The first-order valence-corrected chi connectivity index (χ1v) is 14.1. The number of nitrogens with zero attached hydrogens (tertiary/aromatic N) is 4. The molecule has 13 heteroatoms. The highest BCUT2D eigenvalue weighted by molar-refractivity contribution is 6.03. The summed E-state index contributed by atoms with van der Waals surface area (Å²) in [6, 6.07) is 8.04. The van der Waals surface area contributed by atoms with Crippen LogP contribution in [0.1, 0.15) is 34.8 Å². The summed E-state index contributed by atoms with van der Waals surface area (Å²) in [5, 5.41) is 14.4. The number of hydrogen-bond acceptors (Lipinski definition) is 10. The minimum atomic E-state index is -1.36. The van der Waals surface area contributed by atoms with E-state index in [9.17, 15) is 19.5 Å². The molecule has 0 radical (unpaired) electrons. The Labute approximate surface area is 250 Å². The second-order valence-corrected chi connectivity index (χ2v) is 10.8. The third kappa shape index (κ3) is 5.23. The Kier molecular flexibility index (Phi) is 7.72. The zero-order chi connectivity index (χ0) is 31.1. The monoisotopic (exact) mass is 606 g/mol. The number of carbonyl (C=O) groups is 1. The third-order valence-corrected chi connectivity index (χ3v) is 8.09. The summed E-state index contributed by atoms with van der Waals surface area (Å²) in [5.74, 6) is -1.26. The molecule has 1 aliphatic carbocycles. The second kappa shape index (κ2) is 11.6. The molecule has 2 fully saturated rings. The maximum absolute atomic E-state index is 15.7. The quantitative estimate of drug-likeness (QED) is 0.171. The number of piperazine rings is 1. The molecule has 1 saturated carbocycles. The summed E-state index contributed by atoms with van der Waals surface area (Å²) in [7, 11) is 4.35. The van der Waals surface area contributed by atoms with Crippen molar-refractivity contribution in [2.24, 2.45) is 5.16 Å². The lowest BCUT2D eigenvalue weighted by Gasteiger charge is -2.37. The van der Waals surface area contributed by atoms with Crippen LogP contribution in [0, 0.1) is 5.82 Å². The van der Waals surface area contributed by atoms with Crippen molar-refractivity contribution in [3.63, 3.8) is 0 Å². The Hall–Kier alpha value is -4.91. The molecular formula is C31H31FN4O8. The van der Waals surface area contributed by atoms with Crippen LogP contribution in [-0.4, -0.2) is 80.3 Å². The van der Waals surface area contributed by atoms with Crippen molar-refractivity contribution in [2.75, 3.05) is 59.0 Å². The van der Waals surface area contributed by atoms with Crippen molar-refractivity contribution < 1.29 is 33.0 Å². The first-order valence-electron chi connectivity index (χ1n) is 14.1. The lowest BCUT2D eigenvalue weighted by molar-refractivity contribution is 0.0694. The van der Waals surface area contributed by atoms with Crippen LogP contribution in [0.25, 0.3) is 21.9 Å². The van der Waals surface area contributed by atoms with Gasteiger partial charge in [0, 0.05) is 56.4 Å². The minimum absolute atomic E-state index is 0.00790. The minimum Gasteiger partial charge on any atom is -0.497 e. The molecule has 12 nitrogen and oxygen atoms in total. The molecule has 1 N–H and O–H groups in total. The van der Waals surface area contributed by atoms with Crippen molar-refractivity contribution in [3.8, 4) is 11.5 Å². The van der Waals surface area contributed by atoms with E-state index in [1.807, 2.05) is 4.90 Å². The molecule has 2 aromatic carbocycles.